The summed E-state index contributed by atoms with van der Waals surface area (Å²) in [6.07, 6.45) is 6.85. The van der Waals surface area contributed by atoms with Gasteiger partial charge in [0.15, 0.2) is 0 Å². The molecule has 28 heavy (non-hydrogen) atoms. The third-order valence-corrected chi connectivity index (χ3v) is 3.89. The largest absolute Gasteiger partial charge is 0.497 e. The Morgan fingerprint density at radius 3 is 2.54 bits per heavy atom. The van der Waals surface area contributed by atoms with Crippen LogP contribution in [0.3, 0.4) is 0 Å². The van der Waals surface area contributed by atoms with Gasteiger partial charge in [-0.15, -0.1) is 0 Å². The lowest BCUT2D eigenvalue weighted by Gasteiger charge is -2.05. The third kappa shape index (κ3) is 4.93. The lowest BCUT2D eigenvalue weighted by Crippen LogP contribution is -1.97. The van der Waals surface area contributed by atoms with Crippen LogP contribution in [0.2, 0.25) is 5.02 Å². The van der Waals surface area contributed by atoms with Crippen LogP contribution in [-0.2, 0) is 0 Å². The predicted octanol–water partition coefficient (Wildman–Crippen LogP) is 4.55. The molecule has 0 spiro atoms. The lowest BCUT2D eigenvalue weighted by atomic mass is 10.2. The van der Waals surface area contributed by atoms with Gasteiger partial charge in [0, 0.05) is 30.9 Å². The van der Waals surface area contributed by atoms with Gasteiger partial charge in [-0.05, 0) is 42.5 Å². The molecule has 0 bridgehead atoms. The first-order chi connectivity index (χ1) is 13.7. The Balaban J connectivity index is 0.000000271. The fourth-order valence-corrected chi connectivity index (χ4v) is 2.49. The summed E-state index contributed by atoms with van der Waals surface area (Å²) in [5.41, 5.74) is 2.88. The Labute approximate surface area is 167 Å². The molecular weight excluding hydrogens is 374 g/mol. The minimum atomic E-state index is 0.527. The second-order valence-corrected chi connectivity index (χ2v) is 6.00. The zero-order valence-electron chi connectivity index (χ0n) is 15.0. The van der Waals surface area contributed by atoms with Crippen molar-refractivity contribution >= 4 is 11.6 Å². The summed E-state index contributed by atoms with van der Waals surface area (Å²) in [6.45, 7) is 0. The fraction of sp³-hybridized carbons (Fsp3) is 0.0476. The first-order valence-corrected chi connectivity index (χ1v) is 8.69. The van der Waals surface area contributed by atoms with Gasteiger partial charge in [0.05, 0.1) is 35.1 Å². The standard InChI is InChI=1S/C16H12N4O.C5H4ClN/c1-21-14-9-12(11-17)8-13(10-14)20-7-5-16(19-20)15-4-2-3-6-18-15;6-5-2-1-3-7-4-5/h2-10H,1H3;1-4H. The number of aromatic nitrogens is 4. The van der Waals surface area contributed by atoms with Crippen LogP contribution in [0.5, 0.6) is 5.75 Å². The third-order valence-electron chi connectivity index (χ3n) is 3.66. The molecule has 1 aromatic carbocycles. The highest BCUT2D eigenvalue weighted by molar-refractivity contribution is 6.30. The van der Waals surface area contributed by atoms with E-state index in [0.717, 1.165) is 17.1 Å². The summed E-state index contributed by atoms with van der Waals surface area (Å²) in [6, 6.07) is 18.5. The highest BCUT2D eigenvalue weighted by atomic mass is 35.5. The average molecular weight is 390 g/mol. The highest BCUT2D eigenvalue weighted by Crippen LogP contribution is 2.21. The summed E-state index contributed by atoms with van der Waals surface area (Å²) in [7, 11) is 1.57. The molecule has 0 unspecified atom stereocenters. The molecule has 3 heterocycles. The van der Waals surface area contributed by atoms with Gasteiger partial charge >= 0.3 is 0 Å². The Morgan fingerprint density at radius 2 is 1.93 bits per heavy atom. The quantitative estimate of drug-likeness (QED) is 0.513. The van der Waals surface area contributed by atoms with Crippen molar-refractivity contribution in [2.75, 3.05) is 7.11 Å². The lowest BCUT2D eigenvalue weighted by molar-refractivity contribution is 0.414. The van der Waals surface area contributed by atoms with Crippen molar-refractivity contribution < 1.29 is 4.74 Å². The van der Waals surface area contributed by atoms with Gasteiger partial charge in [0.2, 0.25) is 0 Å². The number of nitrogens with zero attached hydrogens (tertiary/aromatic N) is 5. The van der Waals surface area contributed by atoms with Crippen molar-refractivity contribution in [2.45, 2.75) is 0 Å². The first-order valence-electron chi connectivity index (χ1n) is 8.32. The summed E-state index contributed by atoms with van der Waals surface area (Å²) in [4.78, 5) is 8.02. The zero-order chi connectivity index (χ0) is 19.8. The SMILES string of the molecule is COc1cc(C#N)cc(-n2ccc(-c3ccccn3)n2)c1.Clc1cccnc1. The van der Waals surface area contributed by atoms with Crippen molar-refractivity contribution in [3.05, 3.63) is 90.0 Å². The summed E-state index contributed by atoms with van der Waals surface area (Å²) in [5, 5.41) is 14.2. The van der Waals surface area contributed by atoms with E-state index in [-0.39, 0.29) is 0 Å². The summed E-state index contributed by atoms with van der Waals surface area (Å²) >= 11 is 5.48. The molecule has 0 radical (unpaired) electrons. The smallest absolute Gasteiger partial charge is 0.122 e. The number of benzene rings is 1. The van der Waals surface area contributed by atoms with Crippen LogP contribution in [-0.4, -0.2) is 26.9 Å². The monoisotopic (exact) mass is 389 g/mol. The number of rotatable bonds is 3. The predicted molar refractivity (Wildman–Crippen MR) is 107 cm³/mol. The van der Waals surface area contributed by atoms with Crippen molar-refractivity contribution in [2.24, 2.45) is 0 Å². The molecule has 0 saturated carbocycles. The maximum atomic E-state index is 9.07. The summed E-state index contributed by atoms with van der Waals surface area (Å²) < 4.78 is 6.91. The molecule has 0 N–H and O–H groups in total. The van der Waals surface area contributed by atoms with Crippen molar-refractivity contribution in [3.63, 3.8) is 0 Å². The Hall–Kier alpha value is -3.69. The second-order valence-electron chi connectivity index (χ2n) is 5.56. The highest BCUT2D eigenvalue weighted by Gasteiger charge is 2.07. The minimum absolute atomic E-state index is 0.527. The molecule has 0 aliphatic carbocycles. The van der Waals surface area contributed by atoms with Gasteiger partial charge in [-0.25, -0.2) is 4.68 Å². The molecule has 4 aromatic rings. The molecule has 0 amide bonds. The van der Waals surface area contributed by atoms with Crippen LogP contribution in [0.25, 0.3) is 17.1 Å². The number of ether oxygens (including phenoxy) is 1. The Morgan fingerprint density at radius 1 is 1.04 bits per heavy atom. The van der Waals surface area contributed by atoms with E-state index in [9.17, 15) is 0 Å². The molecule has 0 saturated heterocycles. The van der Waals surface area contributed by atoms with E-state index in [1.807, 2.05) is 36.5 Å². The van der Waals surface area contributed by atoms with E-state index >= 15 is 0 Å². The second kappa shape index (κ2) is 9.31. The van der Waals surface area contributed by atoms with E-state index < -0.39 is 0 Å². The zero-order valence-corrected chi connectivity index (χ0v) is 15.8. The van der Waals surface area contributed by atoms with Crippen molar-refractivity contribution in [3.8, 4) is 28.9 Å². The van der Waals surface area contributed by atoms with Crippen LogP contribution in [0.4, 0.5) is 0 Å². The molecular formula is C21H16ClN5O. The normalized spacial score (nSPS) is 9.75. The molecule has 0 aliphatic heterocycles. The number of hydrogen-bond acceptors (Lipinski definition) is 5. The Bertz CT molecular complexity index is 1070. The molecule has 6 nitrogen and oxygen atoms in total. The molecule has 0 atom stereocenters. The Kier molecular flexibility index (Phi) is 6.34. The van der Waals surface area contributed by atoms with E-state index in [2.05, 4.69) is 21.1 Å². The van der Waals surface area contributed by atoms with Crippen LogP contribution in [0.15, 0.2) is 79.4 Å². The molecule has 3 aromatic heterocycles. The van der Waals surface area contributed by atoms with E-state index in [1.165, 1.54) is 0 Å². The molecule has 0 aliphatic rings. The number of pyridine rings is 2. The number of hydrogen-bond donors (Lipinski definition) is 0. The number of nitriles is 1. The van der Waals surface area contributed by atoms with Gasteiger partial charge in [-0.1, -0.05) is 17.7 Å². The number of methoxy groups -OCH3 is 1. The van der Waals surface area contributed by atoms with E-state index in [0.29, 0.717) is 16.3 Å². The average Bonchev–Trinajstić information content (AvgIpc) is 3.25. The summed E-state index contributed by atoms with van der Waals surface area (Å²) in [5.74, 6) is 0.624. The van der Waals surface area contributed by atoms with Crippen LogP contribution in [0, 0.1) is 11.3 Å². The topological polar surface area (TPSA) is 76.6 Å². The van der Waals surface area contributed by atoms with E-state index in [4.69, 9.17) is 21.6 Å². The van der Waals surface area contributed by atoms with Crippen LogP contribution < -0.4 is 4.74 Å². The molecule has 0 fully saturated rings. The van der Waals surface area contributed by atoms with Crippen LogP contribution >= 0.6 is 11.6 Å². The maximum absolute atomic E-state index is 9.07. The molecule has 138 valence electrons. The number of halogens is 1. The van der Waals surface area contributed by atoms with Gasteiger partial charge in [0.25, 0.3) is 0 Å². The van der Waals surface area contributed by atoms with Gasteiger partial charge in [-0.3, -0.25) is 9.97 Å². The molecule has 7 heteroatoms. The first kappa shape index (κ1) is 19.1. The maximum Gasteiger partial charge on any atom is 0.122 e. The van der Waals surface area contributed by atoms with Gasteiger partial charge in [0.1, 0.15) is 11.4 Å². The van der Waals surface area contributed by atoms with E-state index in [1.54, 1.807) is 54.6 Å². The van der Waals surface area contributed by atoms with Gasteiger partial charge < -0.3 is 4.74 Å². The minimum Gasteiger partial charge on any atom is -0.497 e. The van der Waals surface area contributed by atoms with Crippen molar-refractivity contribution in [1.29, 1.82) is 5.26 Å². The van der Waals surface area contributed by atoms with Gasteiger partial charge in [-0.2, -0.15) is 10.4 Å². The fourth-order valence-electron chi connectivity index (χ4n) is 2.36. The van der Waals surface area contributed by atoms with Crippen molar-refractivity contribution in [1.82, 2.24) is 19.7 Å². The van der Waals surface area contributed by atoms with Crippen LogP contribution in [0.1, 0.15) is 5.56 Å². The molecule has 4 rings (SSSR count).